The van der Waals surface area contributed by atoms with Gasteiger partial charge < -0.3 is 10.8 Å². The molecule has 0 aromatic heterocycles. The van der Waals surface area contributed by atoms with Gasteiger partial charge in [-0.3, -0.25) is 0 Å². The van der Waals surface area contributed by atoms with Gasteiger partial charge >= 0.3 is 0 Å². The first kappa shape index (κ1) is 11.2. The third-order valence-electron chi connectivity index (χ3n) is 2.55. The van der Waals surface area contributed by atoms with Crippen molar-refractivity contribution in [3.05, 3.63) is 35.4 Å². The highest BCUT2D eigenvalue weighted by Crippen LogP contribution is 2.09. The molecule has 1 aromatic rings. The van der Waals surface area contributed by atoms with Crippen LogP contribution in [0.25, 0.3) is 0 Å². The molecule has 0 aliphatic carbocycles. The molecule has 14 heavy (non-hydrogen) atoms. The van der Waals surface area contributed by atoms with Crippen LogP contribution < -0.4 is 5.73 Å². The Kier molecular flexibility index (Phi) is 4.63. The summed E-state index contributed by atoms with van der Waals surface area (Å²) in [5.74, 6) is 0.197. The Labute approximate surface area is 85.8 Å². The van der Waals surface area contributed by atoms with Crippen molar-refractivity contribution in [2.45, 2.75) is 19.8 Å². The number of rotatable bonds is 5. The maximum Gasteiger partial charge on any atom is 0.0474 e. The van der Waals surface area contributed by atoms with E-state index in [4.69, 9.17) is 10.8 Å². The van der Waals surface area contributed by atoms with Crippen molar-refractivity contribution in [1.82, 2.24) is 0 Å². The molecule has 0 saturated heterocycles. The third-order valence-corrected chi connectivity index (χ3v) is 2.55. The number of hydrogen-bond donors (Lipinski definition) is 2. The highest BCUT2D eigenvalue weighted by atomic mass is 16.3. The predicted molar refractivity (Wildman–Crippen MR) is 59.2 cm³/mol. The lowest BCUT2D eigenvalue weighted by atomic mass is 9.99. The number of hydrogen-bond acceptors (Lipinski definition) is 2. The SMILES string of the molecule is CCc1ccc(CC(CN)CO)cc1. The molecule has 0 saturated carbocycles. The molecule has 0 fully saturated rings. The van der Waals surface area contributed by atoms with Crippen molar-refractivity contribution in [3.8, 4) is 0 Å². The quantitative estimate of drug-likeness (QED) is 0.741. The fourth-order valence-electron chi connectivity index (χ4n) is 1.47. The summed E-state index contributed by atoms with van der Waals surface area (Å²) in [5.41, 5.74) is 8.13. The maximum atomic E-state index is 9.01. The topological polar surface area (TPSA) is 46.2 Å². The van der Waals surface area contributed by atoms with Gasteiger partial charge in [-0.05, 0) is 36.4 Å². The van der Waals surface area contributed by atoms with Crippen LogP contribution in [-0.4, -0.2) is 18.3 Å². The fraction of sp³-hybridized carbons (Fsp3) is 0.500. The molecular formula is C12H19NO. The highest BCUT2D eigenvalue weighted by Gasteiger charge is 2.05. The molecule has 0 heterocycles. The lowest BCUT2D eigenvalue weighted by molar-refractivity contribution is 0.230. The Hall–Kier alpha value is -0.860. The molecule has 1 unspecified atom stereocenters. The number of aliphatic hydroxyl groups is 1. The molecule has 0 bridgehead atoms. The van der Waals surface area contributed by atoms with Crippen molar-refractivity contribution in [2.24, 2.45) is 11.7 Å². The Morgan fingerprint density at radius 1 is 1.21 bits per heavy atom. The van der Waals surface area contributed by atoms with E-state index in [-0.39, 0.29) is 12.5 Å². The van der Waals surface area contributed by atoms with Crippen LogP contribution in [0.1, 0.15) is 18.1 Å². The summed E-state index contributed by atoms with van der Waals surface area (Å²) in [4.78, 5) is 0. The first-order chi connectivity index (χ1) is 6.80. The zero-order valence-corrected chi connectivity index (χ0v) is 8.74. The van der Waals surface area contributed by atoms with Crippen LogP contribution in [0.2, 0.25) is 0 Å². The average Bonchev–Trinajstić information content (AvgIpc) is 2.26. The van der Waals surface area contributed by atoms with E-state index in [1.807, 2.05) is 0 Å². The van der Waals surface area contributed by atoms with Gasteiger partial charge in [0.15, 0.2) is 0 Å². The average molecular weight is 193 g/mol. The number of aliphatic hydroxyl groups excluding tert-OH is 1. The lowest BCUT2D eigenvalue weighted by Gasteiger charge is -2.11. The van der Waals surface area contributed by atoms with Crippen molar-refractivity contribution in [2.75, 3.05) is 13.2 Å². The van der Waals surface area contributed by atoms with Gasteiger partial charge in [0.1, 0.15) is 0 Å². The third kappa shape index (κ3) is 3.13. The molecule has 0 radical (unpaired) electrons. The number of aryl methyl sites for hydroxylation is 1. The van der Waals surface area contributed by atoms with Gasteiger partial charge in [-0.25, -0.2) is 0 Å². The van der Waals surface area contributed by atoms with Gasteiger partial charge in [-0.2, -0.15) is 0 Å². The molecule has 0 aliphatic heterocycles. The van der Waals surface area contributed by atoms with E-state index >= 15 is 0 Å². The highest BCUT2D eigenvalue weighted by molar-refractivity contribution is 5.22. The van der Waals surface area contributed by atoms with Gasteiger partial charge in [0.05, 0.1) is 0 Å². The summed E-state index contributed by atoms with van der Waals surface area (Å²) in [7, 11) is 0. The van der Waals surface area contributed by atoms with E-state index in [0.29, 0.717) is 6.54 Å². The van der Waals surface area contributed by atoms with Gasteiger partial charge in [-0.1, -0.05) is 31.2 Å². The van der Waals surface area contributed by atoms with Crippen molar-refractivity contribution >= 4 is 0 Å². The minimum absolute atomic E-state index is 0.173. The van der Waals surface area contributed by atoms with E-state index < -0.39 is 0 Å². The molecule has 0 spiro atoms. The minimum atomic E-state index is 0.173. The first-order valence-electron chi connectivity index (χ1n) is 5.18. The largest absolute Gasteiger partial charge is 0.396 e. The van der Waals surface area contributed by atoms with Crippen LogP contribution in [0.3, 0.4) is 0 Å². The van der Waals surface area contributed by atoms with E-state index in [2.05, 4.69) is 31.2 Å². The molecule has 78 valence electrons. The second kappa shape index (κ2) is 5.78. The summed E-state index contributed by atoms with van der Waals surface area (Å²) in [6.45, 7) is 2.86. The molecular weight excluding hydrogens is 174 g/mol. The van der Waals surface area contributed by atoms with Crippen molar-refractivity contribution in [3.63, 3.8) is 0 Å². The standard InChI is InChI=1S/C12H19NO/c1-2-10-3-5-11(6-4-10)7-12(8-13)9-14/h3-6,12,14H,2,7-9,13H2,1H3. The molecule has 3 N–H and O–H groups in total. The van der Waals surface area contributed by atoms with Gasteiger partial charge in [0.25, 0.3) is 0 Å². The Balaban J connectivity index is 2.58. The molecule has 1 aromatic carbocycles. The summed E-state index contributed by atoms with van der Waals surface area (Å²) >= 11 is 0. The summed E-state index contributed by atoms with van der Waals surface area (Å²) in [5, 5.41) is 9.01. The number of nitrogens with two attached hydrogens (primary N) is 1. The number of benzene rings is 1. The normalized spacial score (nSPS) is 12.8. The molecule has 0 amide bonds. The predicted octanol–water partition coefficient (Wildman–Crippen LogP) is 1.36. The molecule has 0 aliphatic rings. The second-order valence-electron chi connectivity index (χ2n) is 3.66. The van der Waals surface area contributed by atoms with Crippen molar-refractivity contribution < 1.29 is 5.11 Å². The molecule has 2 nitrogen and oxygen atoms in total. The zero-order chi connectivity index (χ0) is 10.4. The smallest absolute Gasteiger partial charge is 0.0474 e. The van der Waals surface area contributed by atoms with Gasteiger partial charge in [-0.15, -0.1) is 0 Å². The van der Waals surface area contributed by atoms with E-state index in [1.54, 1.807) is 0 Å². The van der Waals surface area contributed by atoms with Crippen LogP contribution in [0, 0.1) is 5.92 Å². The minimum Gasteiger partial charge on any atom is -0.396 e. The summed E-state index contributed by atoms with van der Waals surface area (Å²) in [6.07, 6.45) is 1.94. The van der Waals surface area contributed by atoms with Crippen LogP contribution in [0.15, 0.2) is 24.3 Å². The lowest BCUT2D eigenvalue weighted by Crippen LogP contribution is -2.20. The van der Waals surface area contributed by atoms with Crippen molar-refractivity contribution in [1.29, 1.82) is 0 Å². The second-order valence-corrected chi connectivity index (χ2v) is 3.66. The maximum absolute atomic E-state index is 9.01. The monoisotopic (exact) mass is 193 g/mol. The first-order valence-corrected chi connectivity index (χ1v) is 5.18. The van der Waals surface area contributed by atoms with Gasteiger partial charge in [0.2, 0.25) is 0 Å². The van der Waals surface area contributed by atoms with Crippen LogP contribution in [-0.2, 0) is 12.8 Å². The summed E-state index contributed by atoms with van der Waals surface area (Å²) < 4.78 is 0. The van der Waals surface area contributed by atoms with Crippen LogP contribution in [0.4, 0.5) is 0 Å². The Bertz CT molecular complexity index is 252. The van der Waals surface area contributed by atoms with E-state index in [1.165, 1.54) is 11.1 Å². The molecule has 1 rings (SSSR count). The van der Waals surface area contributed by atoms with Crippen LogP contribution >= 0.6 is 0 Å². The van der Waals surface area contributed by atoms with Crippen LogP contribution in [0.5, 0.6) is 0 Å². The Morgan fingerprint density at radius 3 is 2.21 bits per heavy atom. The Morgan fingerprint density at radius 2 is 1.79 bits per heavy atom. The zero-order valence-electron chi connectivity index (χ0n) is 8.74. The van der Waals surface area contributed by atoms with Gasteiger partial charge in [0, 0.05) is 6.61 Å². The van der Waals surface area contributed by atoms with E-state index in [9.17, 15) is 0 Å². The molecule has 1 atom stereocenters. The summed E-state index contributed by atoms with van der Waals surface area (Å²) in [6, 6.07) is 8.52. The fourth-order valence-corrected chi connectivity index (χ4v) is 1.47. The van der Waals surface area contributed by atoms with E-state index in [0.717, 1.165) is 12.8 Å². The molecule has 2 heteroatoms.